The Bertz CT molecular complexity index is 959. The highest BCUT2D eigenvalue weighted by Gasteiger charge is 2.17. The lowest BCUT2D eigenvalue weighted by molar-refractivity contribution is 0.201. The first-order chi connectivity index (χ1) is 11.5. The van der Waals surface area contributed by atoms with E-state index in [0.29, 0.717) is 5.75 Å². The summed E-state index contributed by atoms with van der Waals surface area (Å²) in [6.07, 6.45) is 0. The third-order valence-corrected chi connectivity index (χ3v) is 3.44. The van der Waals surface area contributed by atoms with Crippen molar-refractivity contribution < 1.29 is 29.6 Å². The van der Waals surface area contributed by atoms with E-state index in [1.54, 1.807) is 0 Å². The number of benzene rings is 2. The molecule has 0 saturated carbocycles. The van der Waals surface area contributed by atoms with Crippen molar-refractivity contribution in [2.45, 2.75) is 0 Å². The Morgan fingerprint density at radius 2 is 1.79 bits per heavy atom. The quantitative estimate of drug-likeness (QED) is 0.540. The lowest BCUT2D eigenvalue weighted by Gasteiger charge is -2.09. The third kappa shape index (κ3) is 2.72. The van der Waals surface area contributed by atoms with E-state index in [0.717, 1.165) is 0 Å². The van der Waals surface area contributed by atoms with Crippen molar-refractivity contribution in [2.24, 2.45) is 0 Å². The molecule has 0 aliphatic carbocycles. The zero-order chi connectivity index (χ0) is 17.3. The minimum atomic E-state index is -0.632. The molecule has 0 atom stereocenters. The summed E-state index contributed by atoms with van der Waals surface area (Å²) in [7, 11) is 0. The molecule has 7 heteroatoms. The van der Waals surface area contributed by atoms with Crippen molar-refractivity contribution in [3.8, 4) is 34.3 Å². The molecule has 0 saturated heterocycles. The van der Waals surface area contributed by atoms with E-state index in [-0.39, 0.29) is 41.3 Å². The van der Waals surface area contributed by atoms with Crippen LogP contribution in [0.2, 0.25) is 0 Å². The molecule has 1 heterocycles. The molecule has 7 nitrogen and oxygen atoms in total. The smallest absolute Gasteiger partial charge is 0.235 e. The summed E-state index contributed by atoms with van der Waals surface area (Å²) in [6, 6.07) is 8.23. The zero-order valence-corrected chi connectivity index (χ0v) is 12.4. The molecule has 0 aliphatic heterocycles. The number of phenols is 2. The summed E-state index contributed by atoms with van der Waals surface area (Å²) in [5.74, 6) is -1.08. The first-order valence-corrected chi connectivity index (χ1v) is 7.07. The number of ether oxygens (including phenoxy) is 1. The van der Waals surface area contributed by atoms with E-state index >= 15 is 0 Å². The molecule has 0 fully saturated rings. The Morgan fingerprint density at radius 3 is 2.50 bits per heavy atom. The van der Waals surface area contributed by atoms with Crippen molar-refractivity contribution in [3.63, 3.8) is 0 Å². The second kappa shape index (κ2) is 6.13. The highest BCUT2D eigenvalue weighted by atomic mass is 16.5. The summed E-state index contributed by atoms with van der Waals surface area (Å²) in [6.45, 7) is -0.0673. The number of rotatable bonds is 4. The average Bonchev–Trinajstić information content (AvgIpc) is 2.58. The van der Waals surface area contributed by atoms with Crippen LogP contribution in [0.15, 0.2) is 45.6 Å². The standard InChI is InChI=1S/C17H14O7/c18-5-6-23-10-2-3-11-14(8-10)24-17(16(22)15(11)21)9-1-4-12(19)13(20)7-9/h1-4,7-8,18-20,22H,5-6H2. The fraction of sp³-hybridized carbons (Fsp3) is 0.118. The van der Waals surface area contributed by atoms with Crippen LogP contribution in [0.3, 0.4) is 0 Å². The third-order valence-electron chi connectivity index (χ3n) is 3.44. The van der Waals surface area contributed by atoms with Crippen LogP contribution in [-0.2, 0) is 0 Å². The molecule has 4 N–H and O–H groups in total. The normalized spacial score (nSPS) is 10.9. The number of aliphatic hydroxyl groups is 1. The molecule has 2 aromatic carbocycles. The number of aromatic hydroxyl groups is 3. The number of hydrogen-bond donors (Lipinski definition) is 4. The molecule has 0 aliphatic rings. The highest BCUT2D eigenvalue weighted by molar-refractivity contribution is 5.83. The molecular formula is C17H14O7. The molecule has 1 aromatic heterocycles. The summed E-state index contributed by atoms with van der Waals surface area (Å²) in [4.78, 5) is 12.3. The van der Waals surface area contributed by atoms with Crippen LogP contribution < -0.4 is 10.2 Å². The Morgan fingerprint density at radius 1 is 1.00 bits per heavy atom. The molecule has 0 bridgehead atoms. The Labute approximate surface area is 135 Å². The van der Waals surface area contributed by atoms with Crippen LogP contribution in [0, 0.1) is 0 Å². The summed E-state index contributed by atoms with van der Waals surface area (Å²) in [5, 5.41) is 38.0. The van der Waals surface area contributed by atoms with E-state index in [4.69, 9.17) is 14.3 Å². The van der Waals surface area contributed by atoms with Crippen LogP contribution in [-0.4, -0.2) is 33.6 Å². The van der Waals surface area contributed by atoms with E-state index in [9.17, 15) is 20.1 Å². The van der Waals surface area contributed by atoms with Crippen molar-refractivity contribution in [1.29, 1.82) is 0 Å². The summed E-state index contributed by atoms with van der Waals surface area (Å²) >= 11 is 0. The lowest BCUT2D eigenvalue weighted by Crippen LogP contribution is -2.04. The molecule has 0 radical (unpaired) electrons. The van der Waals surface area contributed by atoms with Crippen molar-refractivity contribution >= 4 is 11.0 Å². The van der Waals surface area contributed by atoms with Gasteiger partial charge < -0.3 is 29.6 Å². The molecule has 3 aromatic rings. The largest absolute Gasteiger partial charge is 0.504 e. The molecular weight excluding hydrogens is 316 g/mol. The van der Waals surface area contributed by atoms with Crippen LogP contribution in [0.5, 0.6) is 23.0 Å². The van der Waals surface area contributed by atoms with Crippen LogP contribution >= 0.6 is 0 Å². The number of phenolic OH excluding ortho intramolecular Hbond substituents is 2. The van der Waals surface area contributed by atoms with Gasteiger partial charge in [0.15, 0.2) is 17.3 Å². The SMILES string of the molecule is O=c1c(O)c(-c2ccc(O)c(O)c2)oc2cc(OCCO)ccc12. The van der Waals surface area contributed by atoms with Gasteiger partial charge in [0.1, 0.15) is 17.9 Å². The van der Waals surface area contributed by atoms with Gasteiger partial charge in [-0.2, -0.15) is 0 Å². The van der Waals surface area contributed by atoms with E-state index < -0.39 is 16.9 Å². The zero-order valence-electron chi connectivity index (χ0n) is 12.4. The van der Waals surface area contributed by atoms with E-state index in [2.05, 4.69) is 0 Å². The monoisotopic (exact) mass is 330 g/mol. The van der Waals surface area contributed by atoms with Crippen LogP contribution in [0.25, 0.3) is 22.3 Å². The van der Waals surface area contributed by atoms with Gasteiger partial charge in [-0.15, -0.1) is 0 Å². The molecule has 24 heavy (non-hydrogen) atoms. The highest BCUT2D eigenvalue weighted by Crippen LogP contribution is 2.35. The van der Waals surface area contributed by atoms with Gasteiger partial charge in [-0.25, -0.2) is 0 Å². The van der Waals surface area contributed by atoms with Gasteiger partial charge in [0.05, 0.1) is 12.0 Å². The molecule has 0 spiro atoms. The molecule has 0 unspecified atom stereocenters. The van der Waals surface area contributed by atoms with Crippen LogP contribution in [0.1, 0.15) is 0 Å². The second-order valence-corrected chi connectivity index (χ2v) is 5.04. The molecule has 3 rings (SSSR count). The number of aliphatic hydroxyl groups excluding tert-OH is 1. The Balaban J connectivity index is 2.18. The Kier molecular flexibility index (Phi) is 4.01. The topological polar surface area (TPSA) is 120 Å². The Hall–Kier alpha value is -3.19. The average molecular weight is 330 g/mol. The maximum Gasteiger partial charge on any atom is 0.235 e. The van der Waals surface area contributed by atoms with Gasteiger partial charge >= 0.3 is 0 Å². The van der Waals surface area contributed by atoms with Crippen molar-refractivity contribution in [2.75, 3.05) is 13.2 Å². The van der Waals surface area contributed by atoms with E-state index in [1.807, 2.05) is 0 Å². The molecule has 0 amide bonds. The van der Waals surface area contributed by atoms with Gasteiger partial charge in [0.25, 0.3) is 0 Å². The maximum absolute atomic E-state index is 12.3. The number of hydrogen-bond acceptors (Lipinski definition) is 7. The van der Waals surface area contributed by atoms with Gasteiger partial charge in [0, 0.05) is 11.6 Å². The fourth-order valence-corrected chi connectivity index (χ4v) is 2.28. The van der Waals surface area contributed by atoms with E-state index in [1.165, 1.54) is 36.4 Å². The minimum Gasteiger partial charge on any atom is -0.504 e. The van der Waals surface area contributed by atoms with Crippen molar-refractivity contribution in [3.05, 3.63) is 46.6 Å². The molecule has 124 valence electrons. The first kappa shape index (κ1) is 15.7. The minimum absolute atomic E-state index is 0.0898. The van der Waals surface area contributed by atoms with Gasteiger partial charge in [-0.3, -0.25) is 4.79 Å². The van der Waals surface area contributed by atoms with Gasteiger partial charge in [0.2, 0.25) is 11.2 Å². The summed E-state index contributed by atoms with van der Waals surface area (Å²) in [5.41, 5.74) is -0.230. The van der Waals surface area contributed by atoms with Crippen molar-refractivity contribution in [1.82, 2.24) is 0 Å². The first-order valence-electron chi connectivity index (χ1n) is 7.07. The number of fused-ring (bicyclic) bond motifs is 1. The van der Waals surface area contributed by atoms with Gasteiger partial charge in [-0.05, 0) is 30.3 Å². The predicted molar refractivity (Wildman–Crippen MR) is 85.5 cm³/mol. The maximum atomic E-state index is 12.3. The summed E-state index contributed by atoms with van der Waals surface area (Å²) < 4.78 is 10.9. The predicted octanol–water partition coefficient (Wildman–Crippen LogP) is 1.95. The lowest BCUT2D eigenvalue weighted by atomic mass is 10.1. The van der Waals surface area contributed by atoms with Crippen LogP contribution in [0.4, 0.5) is 0 Å². The van der Waals surface area contributed by atoms with Gasteiger partial charge in [-0.1, -0.05) is 0 Å². The fourth-order valence-electron chi connectivity index (χ4n) is 2.28. The second-order valence-electron chi connectivity index (χ2n) is 5.04.